The van der Waals surface area contributed by atoms with Crippen molar-refractivity contribution in [3.05, 3.63) is 0 Å². The van der Waals surface area contributed by atoms with Gasteiger partial charge in [0.2, 0.25) is 5.91 Å². The number of aliphatic carboxylic acids is 1. The van der Waals surface area contributed by atoms with Crippen LogP contribution in [0.15, 0.2) is 0 Å². The molecular weight excluding hydrogens is 226 g/mol. The summed E-state index contributed by atoms with van der Waals surface area (Å²) in [4.78, 5) is 22.2. The molecule has 6 nitrogen and oxygen atoms in total. The van der Waals surface area contributed by atoms with E-state index in [1.807, 2.05) is 0 Å². The average Bonchev–Trinajstić information content (AvgIpc) is 2.69. The van der Waals surface area contributed by atoms with Crippen LogP contribution >= 0.6 is 0 Å². The fourth-order valence-electron chi connectivity index (χ4n) is 1.50. The highest BCUT2D eigenvalue weighted by Crippen LogP contribution is 2.11. The molecule has 0 aromatic rings. The second kappa shape index (κ2) is 5.97. The summed E-state index contributed by atoms with van der Waals surface area (Å²) < 4.78 is 10.5. The molecule has 1 amide bonds. The monoisotopic (exact) mass is 245 g/mol. The topological polar surface area (TPSA) is 84.9 Å². The number of carbonyl (C=O) groups is 2. The molecule has 1 heterocycles. The van der Waals surface area contributed by atoms with Crippen LogP contribution in [0.25, 0.3) is 0 Å². The fraction of sp³-hybridized carbons (Fsp3) is 0.818. The third-order valence-corrected chi connectivity index (χ3v) is 2.55. The Bertz CT molecular complexity index is 284. The zero-order valence-corrected chi connectivity index (χ0v) is 10.2. The van der Waals surface area contributed by atoms with Crippen LogP contribution in [0, 0.1) is 0 Å². The van der Waals surface area contributed by atoms with E-state index in [0.717, 1.165) is 19.4 Å². The molecule has 0 unspecified atom stereocenters. The Kier molecular flexibility index (Phi) is 4.89. The van der Waals surface area contributed by atoms with E-state index in [4.69, 9.17) is 14.6 Å². The molecule has 0 bridgehead atoms. The van der Waals surface area contributed by atoms with Gasteiger partial charge in [0.05, 0.1) is 12.7 Å². The van der Waals surface area contributed by atoms with Gasteiger partial charge >= 0.3 is 5.97 Å². The molecular formula is C11H19NO5. The number of carbonyl (C=O) groups excluding carboxylic acids is 1. The molecule has 2 N–H and O–H groups in total. The minimum absolute atomic E-state index is 0.0651. The fourth-order valence-corrected chi connectivity index (χ4v) is 1.50. The predicted molar refractivity (Wildman–Crippen MR) is 59.7 cm³/mol. The van der Waals surface area contributed by atoms with E-state index in [9.17, 15) is 9.59 Å². The summed E-state index contributed by atoms with van der Waals surface area (Å²) in [6.45, 7) is 3.82. The van der Waals surface area contributed by atoms with Crippen LogP contribution in [0.4, 0.5) is 0 Å². The molecule has 0 saturated carbocycles. The van der Waals surface area contributed by atoms with Crippen LogP contribution in [-0.4, -0.2) is 48.4 Å². The Labute approximate surface area is 100 Å². The lowest BCUT2D eigenvalue weighted by atomic mass is 10.1. The lowest BCUT2D eigenvalue weighted by molar-refractivity contribution is -0.147. The maximum atomic E-state index is 11.4. The molecule has 1 fully saturated rings. The quantitative estimate of drug-likeness (QED) is 0.696. The second-order valence-electron chi connectivity index (χ2n) is 4.63. The number of ether oxygens (including phenoxy) is 2. The number of carboxylic acid groups (broad SMARTS) is 1. The van der Waals surface area contributed by atoms with Gasteiger partial charge in [-0.15, -0.1) is 0 Å². The second-order valence-corrected chi connectivity index (χ2v) is 4.63. The van der Waals surface area contributed by atoms with Gasteiger partial charge in [-0.3, -0.25) is 4.79 Å². The van der Waals surface area contributed by atoms with Gasteiger partial charge in [-0.2, -0.15) is 0 Å². The lowest BCUT2D eigenvalue weighted by Crippen LogP contribution is -2.50. The summed E-state index contributed by atoms with van der Waals surface area (Å²) in [5.74, 6) is -1.51. The highest BCUT2D eigenvalue weighted by atomic mass is 16.5. The number of carboxylic acids is 1. The molecule has 1 rings (SSSR count). The van der Waals surface area contributed by atoms with Gasteiger partial charge in [-0.05, 0) is 26.7 Å². The normalized spacial score (nSPS) is 20.2. The predicted octanol–water partition coefficient (Wildman–Crippen LogP) is 0.161. The van der Waals surface area contributed by atoms with Crippen LogP contribution in [0.3, 0.4) is 0 Å². The van der Waals surface area contributed by atoms with Gasteiger partial charge in [-0.1, -0.05) is 0 Å². The van der Waals surface area contributed by atoms with E-state index >= 15 is 0 Å². The van der Waals surface area contributed by atoms with Crippen LogP contribution in [0.1, 0.15) is 26.7 Å². The van der Waals surface area contributed by atoms with Crippen molar-refractivity contribution < 1.29 is 24.2 Å². The van der Waals surface area contributed by atoms with E-state index < -0.39 is 17.4 Å². The third-order valence-electron chi connectivity index (χ3n) is 2.55. The van der Waals surface area contributed by atoms with Crippen molar-refractivity contribution in [2.45, 2.75) is 38.3 Å². The average molecular weight is 245 g/mol. The SMILES string of the molecule is CC(C)(NC(=O)COC[C@@H]1CCCO1)C(=O)O. The first-order chi connectivity index (χ1) is 7.92. The van der Waals surface area contributed by atoms with Crippen molar-refractivity contribution in [1.29, 1.82) is 0 Å². The molecule has 0 spiro atoms. The Morgan fingerprint density at radius 1 is 1.53 bits per heavy atom. The molecule has 0 aromatic heterocycles. The zero-order valence-electron chi connectivity index (χ0n) is 10.2. The van der Waals surface area contributed by atoms with E-state index in [-0.39, 0.29) is 12.7 Å². The van der Waals surface area contributed by atoms with Crippen LogP contribution in [0.5, 0.6) is 0 Å². The summed E-state index contributed by atoms with van der Waals surface area (Å²) in [5.41, 5.74) is -1.27. The Hall–Kier alpha value is -1.14. The van der Waals surface area contributed by atoms with E-state index in [1.54, 1.807) is 0 Å². The van der Waals surface area contributed by atoms with E-state index in [0.29, 0.717) is 6.61 Å². The number of amides is 1. The van der Waals surface area contributed by atoms with Crippen molar-refractivity contribution in [2.24, 2.45) is 0 Å². The summed E-state index contributed by atoms with van der Waals surface area (Å²) >= 11 is 0. The van der Waals surface area contributed by atoms with Gasteiger partial charge in [0, 0.05) is 6.61 Å². The third kappa shape index (κ3) is 4.70. The van der Waals surface area contributed by atoms with Gasteiger partial charge in [0.1, 0.15) is 12.1 Å². The van der Waals surface area contributed by atoms with Crippen molar-refractivity contribution in [2.75, 3.05) is 19.8 Å². The Morgan fingerprint density at radius 2 is 2.24 bits per heavy atom. The minimum atomic E-state index is -1.27. The molecule has 98 valence electrons. The Balaban J connectivity index is 2.18. The van der Waals surface area contributed by atoms with E-state index in [1.165, 1.54) is 13.8 Å². The summed E-state index contributed by atoms with van der Waals surface area (Å²) in [6, 6.07) is 0. The molecule has 6 heteroatoms. The molecule has 17 heavy (non-hydrogen) atoms. The minimum Gasteiger partial charge on any atom is -0.480 e. The smallest absolute Gasteiger partial charge is 0.328 e. The first-order valence-electron chi connectivity index (χ1n) is 5.65. The lowest BCUT2D eigenvalue weighted by Gasteiger charge is -2.21. The van der Waals surface area contributed by atoms with Gasteiger partial charge < -0.3 is 19.9 Å². The summed E-state index contributed by atoms with van der Waals surface area (Å²) in [5, 5.41) is 11.2. The largest absolute Gasteiger partial charge is 0.480 e. The maximum absolute atomic E-state index is 11.4. The highest BCUT2D eigenvalue weighted by Gasteiger charge is 2.28. The van der Waals surface area contributed by atoms with Crippen LogP contribution in [-0.2, 0) is 19.1 Å². The zero-order chi connectivity index (χ0) is 12.9. The number of hydrogen-bond donors (Lipinski definition) is 2. The van der Waals surface area contributed by atoms with E-state index in [2.05, 4.69) is 5.32 Å². The van der Waals surface area contributed by atoms with Gasteiger partial charge in [-0.25, -0.2) is 4.79 Å². The first-order valence-corrected chi connectivity index (χ1v) is 5.65. The number of hydrogen-bond acceptors (Lipinski definition) is 4. The molecule has 1 aliphatic rings. The standard InChI is InChI=1S/C11H19NO5/c1-11(2,10(14)15)12-9(13)7-16-6-8-4-3-5-17-8/h8H,3-7H2,1-2H3,(H,12,13)(H,14,15)/t8-/m0/s1. The van der Waals surface area contributed by atoms with Crippen molar-refractivity contribution in [3.8, 4) is 0 Å². The first kappa shape index (κ1) is 13.9. The number of nitrogens with one attached hydrogen (secondary N) is 1. The molecule has 0 aromatic carbocycles. The van der Waals surface area contributed by atoms with Crippen LogP contribution in [0.2, 0.25) is 0 Å². The van der Waals surface area contributed by atoms with Gasteiger partial charge in [0.15, 0.2) is 0 Å². The summed E-state index contributed by atoms with van der Waals surface area (Å²) in [6.07, 6.45) is 2.03. The van der Waals surface area contributed by atoms with Crippen molar-refractivity contribution in [1.82, 2.24) is 5.32 Å². The maximum Gasteiger partial charge on any atom is 0.328 e. The van der Waals surface area contributed by atoms with Crippen molar-refractivity contribution in [3.63, 3.8) is 0 Å². The van der Waals surface area contributed by atoms with Crippen LogP contribution < -0.4 is 5.32 Å². The molecule has 1 aliphatic heterocycles. The summed E-state index contributed by atoms with van der Waals surface area (Å²) in [7, 11) is 0. The van der Waals surface area contributed by atoms with Gasteiger partial charge in [0.25, 0.3) is 0 Å². The highest BCUT2D eigenvalue weighted by molar-refractivity contribution is 5.86. The number of rotatable bonds is 6. The Morgan fingerprint density at radius 3 is 2.76 bits per heavy atom. The molecule has 0 radical (unpaired) electrons. The molecule has 1 saturated heterocycles. The molecule has 0 aliphatic carbocycles. The van der Waals surface area contributed by atoms with Crippen molar-refractivity contribution >= 4 is 11.9 Å². The molecule has 1 atom stereocenters.